The molecule has 0 aliphatic carbocycles. The molecule has 0 saturated carbocycles. The zero-order valence-corrected chi connectivity index (χ0v) is 28.3. The minimum Gasteiger partial charge on any atom is -0.352 e. The number of benzene rings is 4. The minimum absolute atomic E-state index is 0.00977. The van der Waals surface area contributed by atoms with Crippen LogP contribution < -0.4 is 9.62 Å². The van der Waals surface area contributed by atoms with Crippen LogP contribution in [-0.4, -0.2) is 43.8 Å². The van der Waals surface area contributed by atoms with Gasteiger partial charge in [0.2, 0.25) is 11.8 Å². The number of amides is 2. The highest BCUT2D eigenvalue weighted by Gasteiger charge is 2.35. The zero-order chi connectivity index (χ0) is 31.7. The molecule has 2 amide bonds. The van der Waals surface area contributed by atoms with E-state index in [1.807, 2.05) is 50.2 Å². The van der Waals surface area contributed by atoms with E-state index < -0.39 is 28.5 Å². The first-order valence-corrected chi connectivity index (χ1v) is 17.2. The fraction of sp³-hybridized carbons (Fsp3) is 0.235. The summed E-state index contributed by atoms with van der Waals surface area (Å²) in [4.78, 5) is 29.9. The molecule has 10 heteroatoms. The lowest BCUT2D eigenvalue weighted by Gasteiger charge is -2.34. The van der Waals surface area contributed by atoms with Crippen molar-refractivity contribution < 1.29 is 18.0 Å². The topological polar surface area (TPSA) is 86.8 Å². The number of carbonyl (C=O) groups excluding carboxylic acids is 2. The Morgan fingerprint density at radius 2 is 1.45 bits per heavy atom. The van der Waals surface area contributed by atoms with Gasteiger partial charge in [-0.15, -0.1) is 0 Å². The monoisotopic (exact) mass is 743 g/mol. The normalized spacial score (nSPS) is 12.6. The van der Waals surface area contributed by atoms with E-state index in [-0.39, 0.29) is 29.8 Å². The van der Waals surface area contributed by atoms with Gasteiger partial charge < -0.3 is 10.2 Å². The van der Waals surface area contributed by atoms with Gasteiger partial charge in [0, 0.05) is 27.6 Å². The standard InChI is InChI=1S/C34H35ClIN3O4S/c1-3-25(2)37-34(41)32(22-26-12-6-4-7-13-26)38(23-27-14-10-11-17-31(27)35)33(40)24-39(29-20-18-28(36)19-21-29)44(42,43)30-15-8-5-9-16-30/h4-21,25,32H,3,22-24H2,1-2H3,(H,37,41)/t25-,32+/m0/s1. The van der Waals surface area contributed by atoms with Gasteiger partial charge in [0.05, 0.1) is 10.6 Å². The predicted octanol–water partition coefficient (Wildman–Crippen LogP) is 6.69. The number of sulfonamides is 1. The Hall–Kier alpha value is -3.41. The lowest BCUT2D eigenvalue weighted by molar-refractivity contribution is -0.140. The molecule has 44 heavy (non-hydrogen) atoms. The Balaban J connectivity index is 1.80. The highest BCUT2D eigenvalue weighted by atomic mass is 127. The lowest BCUT2D eigenvalue weighted by atomic mass is 10.0. The van der Waals surface area contributed by atoms with Crippen molar-refractivity contribution in [2.45, 2.75) is 50.2 Å². The summed E-state index contributed by atoms with van der Waals surface area (Å²) in [6, 6.07) is 30.4. The molecule has 1 N–H and O–H groups in total. The van der Waals surface area contributed by atoms with Crippen LogP contribution in [0.15, 0.2) is 114 Å². The summed E-state index contributed by atoms with van der Waals surface area (Å²) < 4.78 is 30.1. The largest absolute Gasteiger partial charge is 0.352 e. The molecule has 230 valence electrons. The summed E-state index contributed by atoms with van der Waals surface area (Å²) in [5.74, 6) is -0.862. The molecule has 0 heterocycles. The van der Waals surface area contributed by atoms with E-state index >= 15 is 0 Å². The highest BCUT2D eigenvalue weighted by Crippen LogP contribution is 2.26. The molecule has 0 saturated heterocycles. The number of halogens is 2. The molecule has 0 aliphatic rings. The third-order valence-electron chi connectivity index (χ3n) is 7.30. The summed E-state index contributed by atoms with van der Waals surface area (Å²) in [5.41, 5.74) is 1.84. The van der Waals surface area contributed by atoms with Gasteiger partial charge in [-0.05, 0) is 89.5 Å². The van der Waals surface area contributed by atoms with E-state index in [1.54, 1.807) is 60.7 Å². The van der Waals surface area contributed by atoms with Gasteiger partial charge in [-0.2, -0.15) is 0 Å². The molecule has 0 radical (unpaired) electrons. The second-order valence-corrected chi connectivity index (χ2v) is 14.0. The predicted molar refractivity (Wildman–Crippen MR) is 184 cm³/mol. The molecule has 0 unspecified atom stereocenters. The first-order valence-electron chi connectivity index (χ1n) is 14.3. The van der Waals surface area contributed by atoms with Crippen molar-refractivity contribution in [2.75, 3.05) is 10.8 Å². The summed E-state index contributed by atoms with van der Waals surface area (Å²) in [5, 5.41) is 3.48. The summed E-state index contributed by atoms with van der Waals surface area (Å²) in [6.45, 7) is 3.36. The molecular weight excluding hydrogens is 709 g/mol. The van der Waals surface area contributed by atoms with Crippen molar-refractivity contribution in [3.05, 3.63) is 129 Å². The smallest absolute Gasteiger partial charge is 0.264 e. The molecule has 0 aliphatic heterocycles. The van der Waals surface area contributed by atoms with Gasteiger partial charge in [0.1, 0.15) is 12.6 Å². The molecule has 0 fully saturated rings. The molecule has 4 rings (SSSR count). The van der Waals surface area contributed by atoms with Gasteiger partial charge >= 0.3 is 0 Å². The van der Waals surface area contributed by atoms with Crippen molar-refractivity contribution in [3.63, 3.8) is 0 Å². The lowest BCUT2D eigenvalue weighted by Crippen LogP contribution is -2.54. The van der Waals surface area contributed by atoms with Gasteiger partial charge in [-0.1, -0.05) is 85.3 Å². The fourth-order valence-corrected chi connectivity index (χ4v) is 6.65. The average Bonchev–Trinajstić information content (AvgIpc) is 3.03. The second-order valence-electron chi connectivity index (χ2n) is 10.4. The third kappa shape index (κ3) is 8.61. The van der Waals surface area contributed by atoms with Crippen molar-refractivity contribution in [2.24, 2.45) is 0 Å². The van der Waals surface area contributed by atoms with Crippen LogP contribution in [0.4, 0.5) is 5.69 Å². The molecule has 0 bridgehead atoms. The molecular formula is C34H35ClIN3O4S. The zero-order valence-electron chi connectivity index (χ0n) is 24.6. The average molecular weight is 744 g/mol. The minimum atomic E-state index is -4.15. The van der Waals surface area contributed by atoms with Gasteiger partial charge in [0.25, 0.3) is 10.0 Å². The molecule has 4 aromatic rings. The highest BCUT2D eigenvalue weighted by molar-refractivity contribution is 14.1. The van der Waals surface area contributed by atoms with Crippen LogP contribution in [0.3, 0.4) is 0 Å². The van der Waals surface area contributed by atoms with E-state index in [0.29, 0.717) is 22.7 Å². The van der Waals surface area contributed by atoms with Gasteiger partial charge in [0.15, 0.2) is 0 Å². The summed E-state index contributed by atoms with van der Waals surface area (Å²) in [6.07, 6.45) is 0.937. The van der Waals surface area contributed by atoms with Crippen molar-refractivity contribution in [3.8, 4) is 0 Å². The third-order valence-corrected chi connectivity index (χ3v) is 10.2. The maximum atomic E-state index is 14.5. The molecule has 4 aromatic carbocycles. The number of carbonyl (C=O) groups is 2. The molecule has 0 aromatic heterocycles. The summed E-state index contributed by atoms with van der Waals surface area (Å²) >= 11 is 8.69. The van der Waals surface area contributed by atoms with Crippen molar-refractivity contribution in [1.29, 1.82) is 0 Å². The van der Waals surface area contributed by atoms with E-state index in [1.165, 1.54) is 17.0 Å². The van der Waals surface area contributed by atoms with Crippen LogP contribution in [0, 0.1) is 3.57 Å². The van der Waals surface area contributed by atoms with Crippen LogP contribution in [0.25, 0.3) is 0 Å². The number of rotatable bonds is 13. The number of anilines is 1. The molecule has 2 atom stereocenters. The molecule has 7 nitrogen and oxygen atoms in total. The van der Waals surface area contributed by atoms with Crippen molar-refractivity contribution in [1.82, 2.24) is 10.2 Å². The van der Waals surface area contributed by atoms with Crippen LogP contribution in [-0.2, 0) is 32.6 Å². The van der Waals surface area contributed by atoms with Crippen LogP contribution >= 0.6 is 34.2 Å². The van der Waals surface area contributed by atoms with Crippen LogP contribution in [0.5, 0.6) is 0 Å². The maximum Gasteiger partial charge on any atom is 0.264 e. The SMILES string of the molecule is CC[C@H](C)NC(=O)[C@@H](Cc1ccccc1)N(Cc1ccccc1Cl)C(=O)CN(c1ccc(I)cc1)S(=O)(=O)c1ccccc1. The van der Waals surface area contributed by atoms with Crippen molar-refractivity contribution >= 4 is 61.7 Å². The van der Waals surface area contributed by atoms with E-state index in [4.69, 9.17) is 11.6 Å². The Kier molecular flexibility index (Phi) is 11.8. The second kappa shape index (κ2) is 15.5. The molecule has 0 spiro atoms. The quantitative estimate of drug-likeness (QED) is 0.155. The number of hydrogen-bond donors (Lipinski definition) is 1. The Labute approximate surface area is 278 Å². The van der Waals surface area contributed by atoms with E-state index in [9.17, 15) is 18.0 Å². The Morgan fingerprint density at radius 1 is 0.864 bits per heavy atom. The van der Waals surface area contributed by atoms with E-state index in [0.717, 1.165) is 13.4 Å². The number of nitrogens with one attached hydrogen (secondary N) is 1. The van der Waals surface area contributed by atoms with Gasteiger partial charge in [-0.3, -0.25) is 13.9 Å². The summed E-state index contributed by atoms with van der Waals surface area (Å²) in [7, 11) is -4.15. The number of hydrogen-bond acceptors (Lipinski definition) is 4. The number of nitrogens with zero attached hydrogens (tertiary/aromatic N) is 2. The first-order chi connectivity index (χ1) is 21.1. The van der Waals surface area contributed by atoms with Gasteiger partial charge in [-0.25, -0.2) is 8.42 Å². The Morgan fingerprint density at radius 3 is 2.07 bits per heavy atom. The maximum absolute atomic E-state index is 14.5. The first kappa shape index (κ1) is 33.5. The Bertz CT molecular complexity index is 1660. The van der Waals surface area contributed by atoms with Crippen LogP contribution in [0.2, 0.25) is 5.02 Å². The van der Waals surface area contributed by atoms with E-state index in [2.05, 4.69) is 27.9 Å². The fourth-order valence-electron chi connectivity index (χ4n) is 4.66. The van der Waals surface area contributed by atoms with Crippen LogP contribution in [0.1, 0.15) is 31.4 Å².